The molecule has 30 heavy (non-hydrogen) atoms. The Morgan fingerprint density at radius 1 is 1.00 bits per heavy atom. The fourth-order valence-electron chi connectivity index (χ4n) is 3.28. The Labute approximate surface area is 185 Å². The number of nitrogens with zero attached hydrogens (tertiary/aromatic N) is 1. The SMILES string of the molecule is CC[C@@H](C)NC(=O)[C@H](CC)N(Cc1ccccc1)C(=O)CSCc1cccc(C)c1. The molecule has 0 unspecified atom stereocenters. The Morgan fingerprint density at radius 3 is 2.33 bits per heavy atom. The van der Waals surface area contributed by atoms with Gasteiger partial charge in [-0.2, -0.15) is 0 Å². The third-order valence-electron chi connectivity index (χ3n) is 5.16. The van der Waals surface area contributed by atoms with Crippen LogP contribution in [0.25, 0.3) is 0 Å². The summed E-state index contributed by atoms with van der Waals surface area (Å²) in [6, 6.07) is 17.9. The van der Waals surface area contributed by atoms with E-state index in [-0.39, 0.29) is 17.9 Å². The molecule has 1 N–H and O–H groups in total. The lowest BCUT2D eigenvalue weighted by Gasteiger charge is -2.31. The van der Waals surface area contributed by atoms with Gasteiger partial charge in [0, 0.05) is 18.3 Å². The van der Waals surface area contributed by atoms with Gasteiger partial charge >= 0.3 is 0 Å². The van der Waals surface area contributed by atoms with E-state index in [9.17, 15) is 9.59 Å². The van der Waals surface area contributed by atoms with Crippen LogP contribution in [0.1, 0.15) is 50.3 Å². The number of hydrogen-bond donors (Lipinski definition) is 1. The van der Waals surface area contributed by atoms with E-state index >= 15 is 0 Å². The van der Waals surface area contributed by atoms with Crippen molar-refractivity contribution >= 4 is 23.6 Å². The maximum Gasteiger partial charge on any atom is 0.243 e. The van der Waals surface area contributed by atoms with Gasteiger partial charge in [0.15, 0.2) is 0 Å². The van der Waals surface area contributed by atoms with E-state index in [2.05, 4.69) is 30.4 Å². The molecule has 4 nitrogen and oxygen atoms in total. The van der Waals surface area contributed by atoms with E-state index in [0.29, 0.717) is 18.7 Å². The van der Waals surface area contributed by atoms with Crippen LogP contribution in [0.5, 0.6) is 0 Å². The highest BCUT2D eigenvalue weighted by Gasteiger charge is 2.29. The fourth-order valence-corrected chi connectivity index (χ4v) is 4.14. The summed E-state index contributed by atoms with van der Waals surface area (Å²) in [5.41, 5.74) is 3.46. The minimum atomic E-state index is -0.466. The molecule has 2 rings (SSSR count). The molecule has 0 aliphatic heterocycles. The first-order chi connectivity index (χ1) is 14.4. The summed E-state index contributed by atoms with van der Waals surface area (Å²) < 4.78 is 0. The normalized spacial score (nSPS) is 12.8. The zero-order valence-corrected chi connectivity index (χ0v) is 19.4. The quantitative estimate of drug-likeness (QED) is 0.553. The number of carbonyl (C=O) groups excluding carboxylic acids is 2. The molecule has 0 radical (unpaired) electrons. The molecule has 0 aliphatic rings. The number of thioether (sulfide) groups is 1. The summed E-state index contributed by atoms with van der Waals surface area (Å²) in [6.45, 7) is 8.51. The molecule has 2 aromatic rings. The van der Waals surface area contributed by atoms with Crippen LogP contribution in [0.2, 0.25) is 0 Å². The van der Waals surface area contributed by atoms with Crippen molar-refractivity contribution < 1.29 is 9.59 Å². The van der Waals surface area contributed by atoms with Gasteiger partial charge in [0.1, 0.15) is 6.04 Å². The lowest BCUT2D eigenvalue weighted by Crippen LogP contribution is -2.51. The number of rotatable bonds is 11. The minimum Gasteiger partial charge on any atom is -0.352 e. The monoisotopic (exact) mass is 426 g/mol. The summed E-state index contributed by atoms with van der Waals surface area (Å²) in [4.78, 5) is 27.8. The Balaban J connectivity index is 2.10. The second-order valence-corrected chi connectivity index (χ2v) is 8.72. The van der Waals surface area contributed by atoms with Crippen LogP contribution >= 0.6 is 11.8 Å². The van der Waals surface area contributed by atoms with Crippen molar-refractivity contribution in [3.05, 3.63) is 71.3 Å². The first-order valence-electron chi connectivity index (χ1n) is 10.7. The molecule has 0 aromatic heterocycles. The van der Waals surface area contributed by atoms with Crippen LogP contribution in [0.3, 0.4) is 0 Å². The zero-order valence-electron chi connectivity index (χ0n) is 18.6. The first-order valence-corrected chi connectivity index (χ1v) is 11.9. The van der Waals surface area contributed by atoms with Crippen molar-refractivity contribution in [3.8, 4) is 0 Å². The third-order valence-corrected chi connectivity index (χ3v) is 6.15. The lowest BCUT2D eigenvalue weighted by atomic mass is 10.1. The van der Waals surface area contributed by atoms with E-state index in [4.69, 9.17) is 0 Å². The van der Waals surface area contributed by atoms with E-state index in [1.54, 1.807) is 16.7 Å². The molecule has 0 heterocycles. The maximum absolute atomic E-state index is 13.2. The molecular formula is C25H34N2O2S. The lowest BCUT2D eigenvalue weighted by molar-refractivity contribution is -0.139. The second-order valence-electron chi connectivity index (χ2n) is 7.73. The summed E-state index contributed by atoms with van der Waals surface area (Å²) in [5, 5.41) is 3.05. The topological polar surface area (TPSA) is 49.4 Å². The predicted octanol–water partition coefficient (Wildman–Crippen LogP) is 4.95. The van der Waals surface area contributed by atoms with Gasteiger partial charge < -0.3 is 10.2 Å². The average molecular weight is 427 g/mol. The number of amides is 2. The zero-order chi connectivity index (χ0) is 21.9. The molecule has 0 saturated carbocycles. The van der Waals surface area contributed by atoms with Gasteiger partial charge in [0.2, 0.25) is 11.8 Å². The number of aryl methyl sites for hydroxylation is 1. The number of carbonyl (C=O) groups is 2. The summed E-state index contributed by atoms with van der Waals surface area (Å²) >= 11 is 1.60. The van der Waals surface area contributed by atoms with Crippen molar-refractivity contribution in [2.24, 2.45) is 0 Å². The van der Waals surface area contributed by atoms with Crippen molar-refractivity contribution in [3.63, 3.8) is 0 Å². The molecule has 0 saturated heterocycles. The number of hydrogen-bond acceptors (Lipinski definition) is 3. The number of benzene rings is 2. The van der Waals surface area contributed by atoms with E-state index in [1.165, 1.54) is 11.1 Å². The summed E-state index contributed by atoms with van der Waals surface area (Å²) in [5.74, 6) is 1.07. The smallest absolute Gasteiger partial charge is 0.243 e. The molecule has 2 atom stereocenters. The van der Waals surface area contributed by atoms with Gasteiger partial charge in [-0.25, -0.2) is 0 Å². The van der Waals surface area contributed by atoms with Gasteiger partial charge in [0.25, 0.3) is 0 Å². The van der Waals surface area contributed by atoms with Crippen LogP contribution < -0.4 is 5.32 Å². The van der Waals surface area contributed by atoms with E-state index < -0.39 is 6.04 Å². The van der Waals surface area contributed by atoms with Gasteiger partial charge in [-0.05, 0) is 37.8 Å². The Hall–Kier alpha value is -2.27. The van der Waals surface area contributed by atoms with Crippen molar-refractivity contribution in [1.29, 1.82) is 0 Å². The minimum absolute atomic E-state index is 0.00246. The molecule has 0 spiro atoms. The average Bonchev–Trinajstić information content (AvgIpc) is 2.74. The van der Waals surface area contributed by atoms with Gasteiger partial charge in [0.05, 0.1) is 5.75 Å². The van der Waals surface area contributed by atoms with Crippen LogP contribution in [0, 0.1) is 6.92 Å². The highest BCUT2D eigenvalue weighted by atomic mass is 32.2. The molecular weight excluding hydrogens is 392 g/mol. The van der Waals surface area contributed by atoms with Crippen molar-refractivity contribution in [2.75, 3.05) is 5.75 Å². The third kappa shape index (κ3) is 7.52. The highest BCUT2D eigenvalue weighted by molar-refractivity contribution is 7.99. The fraction of sp³-hybridized carbons (Fsp3) is 0.440. The van der Waals surface area contributed by atoms with Crippen LogP contribution in [-0.2, 0) is 21.9 Å². The van der Waals surface area contributed by atoms with Gasteiger partial charge in [-0.1, -0.05) is 74.0 Å². The molecule has 162 valence electrons. The highest BCUT2D eigenvalue weighted by Crippen LogP contribution is 2.18. The van der Waals surface area contributed by atoms with Gasteiger partial charge in [-0.3, -0.25) is 9.59 Å². The largest absolute Gasteiger partial charge is 0.352 e. The molecule has 0 aliphatic carbocycles. The Kier molecular flexibility index (Phi) is 9.95. The van der Waals surface area contributed by atoms with Crippen molar-refractivity contribution in [2.45, 2.75) is 64.9 Å². The number of nitrogens with one attached hydrogen (secondary N) is 1. The maximum atomic E-state index is 13.2. The van der Waals surface area contributed by atoms with Crippen LogP contribution in [0.15, 0.2) is 54.6 Å². The molecule has 2 aromatic carbocycles. The van der Waals surface area contributed by atoms with Crippen LogP contribution in [-0.4, -0.2) is 34.6 Å². The molecule has 2 amide bonds. The van der Waals surface area contributed by atoms with Crippen molar-refractivity contribution in [1.82, 2.24) is 10.2 Å². The first kappa shape index (κ1) is 24.0. The second kappa shape index (κ2) is 12.4. The molecule has 0 bridgehead atoms. The van der Waals surface area contributed by atoms with Crippen LogP contribution in [0.4, 0.5) is 0 Å². The molecule has 0 fully saturated rings. The summed E-state index contributed by atoms with van der Waals surface area (Å²) in [7, 11) is 0. The summed E-state index contributed by atoms with van der Waals surface area (Å²) in [6.07, 6.45) is 1.45. The van der Waals surface area contributed by atoms with E-state index in [1.807, 2.05) is 57.2 Å². The van der Waals surface area contributed by atoms with Gasteiger partial charge in [-0.15, -0.1) is 11.8 Å². The Bertz CT molecular complexity index is 810. The Morgan fingerprint density at radius 2 is 1.70 bits per heavy atom. The molecule has 5 heteroatoms. The van der Waals surface area contributed by atoms with E-state index in [0.717, 1.165) is 17.7 Å². The predicted molar refractivity (Wildman–Crippen MR) is 126 cm³/mol. The standard InChI is InChI=1S/C25H34N2O2S/c1-5-20(4)26-25(29)23(6-2)27(16-21-12-8-7-9-13-21)24(28)18-30-17-22-14-10-11-19(3)15-22/h7-15,20,23H,5-6,16-18H2,1-4H3,(H,26,29)/t20-,23+/m1/s1.